The predicted molar refractivity (Wildman–Crippen MR) is 170 cm³/mol. The van der Waals surface area contributed by atoms with Crippen LogP contribution in [-0.4, -0.2) is 57.4 Å². The molecule has 0 fully saturated rings. The van der Waals surface area contributed by atoms with E-state index in [4.69, 9.17) is 14.7 Å². The van der Waals surface area contributed by atoms with Gasteiger partial charge in [0.05, 0.1) is 24.6 Å². The Hall–Kier alpha value is -4.53. The average Bonchev–Trinajstić information content (AvgIpc) is 3.72. The van der Waals surface area contributed by atoms with Crippen LogP contribution in [0, 0.1) is 31.6 Å². The van der Waals surface area contributed by atoms with Crippen molar-refractivity contribution in [3.63, 3.8) is 0 Å². The highest BCUT2D eigenvalue weighted by molar-refractivity contribution is 6.33. The van der Waals surface area contributed by atoms with Crippen molar-refractivity contribution in [2.75, 3.05) is 7.11 Å². The summed E-state index contributed by atoms with van der Waals surface area (Å²) in [6.07, 6.45) is 7.61. The Balaban J connectivity index is 1.68. The lowest BCUT2D eigenvalue weighted by Gasteiger charge is -2.22. The van der Waals surface area contributed by atoms with Crippen LogP contribution in [-0.2, 0) is 32.0 Å². The molecule has 1 unspecified atom stereocenters. The Morgan fingerprint density at radius 2 is 1.91 bits per heavy atom. The third-order valence-corrected chi connectivity index (χ3v) is 9.98. The summed E-state index contributed by atoms with van der Waals surface area (Å²) in [7, 11) is 1.27. The second-order valence-corrected chi connectivity index (χ2v) is 12.2. The number of hydrogen-bond donors (Lipinski definition) is 3. The molecule has 4 atom stereocenters. The third-order valence-electron chi connectivity index (χ3n) is 9.98. The van der Waals surface area contributed by atoms with Gasteiger partial charge in [-0.3, -0.25) is 19.4 Å². The van der Waals surface area contributed by atoms with E-state index in [9.17, 15) is 19.5 Å². The average molecular weight is 595 g/mol. The second-order valence-electron chi connectivity index (χ2n) is 12.2. The fraction of sp³-hybridized carbons (Fsp3) is 0.400. The summed E-state index contributed by atoms with van der Waals surface area (Å²) in [5, 5.41) is 11.5. The molecule has 2 aromatic rings. The number of carboxylic acid groups (broad SMARTS) is 1. The fourth-order valence-electron chi connectivity index (χ4n) is 7.48. The van der Waals surface area contributed by atoms with E-state index in [2.05, 4.69) is 50.3 Å². The van der Waals surface area contributed by atoms with Crippen LogP contribution in [0.4, 0.5) is 0 Å². The first-order valence-electron chi connectivity index (χ1n) is 15.2. The van der Waals surface area contributed by atoms with Gasteiger partial charge < -0.3 is 19.8 Å². The van der Waals surface area contributed by atoms with E-state index in [0.29, 0.717) is 46.7 Å². The molecule has 5 heterocycles. The lowest BCUT2D eigenvalue weighted by molar-refractivity contribution is -0.146. The van der Waals surface area contributed by atoms with Crippen LogP contribution >= 0.6 is 0 Å². The molecule has 9 heteroatoms. The molecule has 0 amide bonds. The summed E-state index contributed by atoms with van der Waals surface area (Å²) in [6, 6.07) is -0.211. The third kappa shape index (κ3) is 4.40. The Morgan fingerprint density at radius 3 is 2.57 bits per heavy atom. The van der Waals surface area contributed by atoms with Gasteiger partial charge in [0.15, 0.2) is 5.78 Å². The normalized spacial score (nSPS) is 25.4. The minimum atomic E-state index is -1.19. The molecule has 1 aliphatic carbocycles. The van der Waals surface area contributed by atoms with E-state index in [1.165, 1.54) is 7.11 Å². The molecule has 4 aliphatic rings. The number of allylic oxidation sites excluding steroid dienone is 2. The molecule has 0 aromatic carbocycles. The number of aromatic nitrogens is 2. The van der Waals surface area contributed by atoms with Crippen molar-refractivity contribution in [2.45, 2.75) is 66.3 Å². The van der Waals surface area contributed by atoms with Gasteiger partial charge in [0.1, 0.15) is 5.92 Å². The van der Waals surface area contributed by atoms with E-state index in [0.717, 1.165) is 50.8 Å². The smallest absolute Gasteiger partial charge is 0.321 e. The first kappa shape index (κ1) is 29.5. The van der Waals surface area contributed by atoms with E-state index in [1.807, 2.05) is 19.1 Å². The van der Waals surface area contributed by atoms with Crippen molar-refractivity contribution in [3.8, 4) is 0 Å². The molecule has 0 spiro atoms. The van der Waals surface area contributed by atoms with Gasteiger partial charge in [-0.1, -0.05) is 26.5 Å². The lowest BCUT2D eigenvalue weighted by atomic mass is 9.79. The van der Waals surface area contributed by atoms with Crippen LogP contribution in [0.5, 0.6) is 0 Å². The van der Waals surface area contributed by atoms with E-state index < -0.39 is 17.9 Å². The number of carbonyl (C=O) groups is 3. The Kier molecular flexibility index (Phi) is 7.30. The van der Waals surface area contributed by atoms with Crippen molar-refractivity contribution >= 4 is 47.4 Å². The molecular formula is C35H38N4O5. The maximum Gasteiger partial charge on any atom is 0.321 e. The number of aromatic amines is 2. The van der Waals surface area contributed by atoms with Gasteiger partial charge in [0.25, 0.3) is 0 Å². The number of aliphatic imine (C=N–C) groups is 2. The zero-order valence-electron chi connectivity index (χ0n) is 26.1. The van der Waals surface area contributed by atoms with Crippen molar-refractivity contribution < 1.29 is 24.2 Å². The Bertz CT molecular complexity index is 1910. The predicted octanol–water partition coefficient (Wildman–Crippen LogP) is 3.67. The molecule has 44 heavy (non-hydrogen) atoms. The van der Waals surface area contributed by atoms with Crippen LogP contribution in [0.15, 0.2) is 39.0 Å². The molecule has 0 saturated carbocycles. The number of carboxylic acids is 1. The van der Waals surface area contributed by atoms with Crippen LogP contribution in [0.25, 0.3) is 18.2 Å². The summed E-state index contributed by atoms with van der Waals surface area (Å²) in [6.45, 7) is 14.3. The van der Waals surface area contributed by atoms with Crippen molar-refractivity contribution in [1.29, 1.82) is 0 Å². The number of nitrogens with zero attached hydrogens (tertiary/aromatic N) is 2. The fourth-order valence-corrected chi connectivity index (χ4v) is 7.48. The number of Topliss-reactive ketones (excluding diaryl/α,β-unsaturated/α-hetero) is 1. The maximum absolute atomic E-state index is 14.0. The second kappa shape index (κ2) is 10.9. The van der Waals surface area contributed by atoms with E-state index in [-0.39, 0.29) is 30.1 Å². The van der Waals surface area contributed by atoms with E-state index >= 15 is 0 Å². The molecule has 3 aliphatic heterocycles. The molecule has 3 N–H and O–H groups in total. The van der Waals surface area contributed by atoms with Gasteiger partial charge in [-0.15, -0.1) is 0 Å². The van der Waals surface area contributed by atoms with Crippen LogP contribution in [0.3, 0.4) is 0 Å². The van der Waals surface area contributed by atoms with Gasteiger partial charge in [-0.2, -0.15) is 0 Å². The summed E-state index contributed by atoms with van der Waals surface area (Å²) >= 11 is 0. The first-order valence-corrected chi connectivity index (χ1v) is 15.2. The minimum Gasteiger partial charge on any atom is -0.481 e. The van der Waals surface area contributed by atoms with Gasteiger partial charge in [-0.25, -0.2) is 4.99 Å². The summed E-state index contributed by atoms with van der Waals surface area (Å²) in [4.78, 5) is 56.4. The van der Waals surface area contributed by atoms with E-state index in [1.54, 1.807) is 0 Å². The van der Waals surface area contributed by atoms with Gasteiger partial charge in [0, 0.05) is 63.3 Å². The number of nitrogens with one attached hydrogen (secondary N) is 2. The number of ketones is 1. The van der Waals surface area contributed by atoms with Crippen molar-refractivity contribution in [1.82, 2.24) is 9.97 Å². The van der Waals surface area contributed by atoms with Crippen molar-refractivity contribution in [3.05, 3.63) is 73.3 Å². The number of aliphatic carboxylic acids is 1. The van der Waals surface area contributed by atoms with Crippen LogP contribution in [0.1, 0.15) is 67.3 Å². The van der Waals surface area contributed by atoms with Gasteiger partial charge in [0.2, 0.25) is 0 Å². The number of esters is 1. The summed E-state index contributed by atoms with van der Waals surface area (Å²) in [5.74, 6) is -3.43. The highest BCUT2D eigenvalue weighted by Crippen LogP contribution is 2.46. The summed E-state index contributed by atoms with van der Waals surface area (Å²) in [5.41, 5.74) is 9.61. The quantitative estimate of drug-likeness (QED) is 0.346. The number of H-pyrrole nitrogens is 2. The molecule has 0 radical (unpaired) electrons. The number of ether oxygens (including phenoxy) is 1. The number of rotatable bonds is 6. The molecule has 0 saturated heterocycles. The molecule has 6 rings (SSSR count). The molecular weight excluding hydrogens is 556 g/mol. The van der Waals surface area contributed by atoms with Crippen LogP contribution in [0.2, 0.25) is 0 Å². The van der Waals surface area contributed by atoms with Gasteiger partial charge in [-0.05, 0) is 73.9 Å². The first-order chi connectivity index (χ1) is 21.0. The van der Waals surface area contributed by atoms with Crippen molar-refractivity contribution in [2.24, 2.45) is 27.7 Å². The number of hydrogen-bond acceptors (Lipinski definition) is 6. The minimum absolute atomic E-state index is 0.0470. The van der Waals surface area contributed by atoms with Crippen LogP contribution < -0.4 is 10.7 Å². The standard InChI is InChI=1S/C35H38N4O5/c1-8-19-15(3)22-12-24-17(5)21(10-11-28(40)41)32(38-24)30-31(35(43)44-7)34(42)29-18(6)25(39-33(29)30)14-27-20(9-2)16(4)23(37-27)13-26(19)36-22/h8,13-14,17,21,24,31,36-37H,1,9-12H2,2-7H3,(H,40,41)/b23-13-,27-14-/t17-,21-,24?,31+/m0/s1. The Labute approximate surface area is 255 Å². The monoisotopic (exact) mass is 594 g/mol. The zero-order chi connectivity index (χ0) is 31.6. The molecule has 228 valence electrons. The maximum atomic E-state index is 14.0. The lowest BCUT2D eigenvalue weighted by Crippen LogP contribution is -2.30. The van der Waals surface area contributed by atoms with Gasteiger partial charge >= 0.3 is 11.9 Å². The molecule has 8 bridgehead atoms. The summed E-state index contributed by atoms with van der Waals surface area (Å²) < 4.78 is 5.14. The number of carbonyl (C=O) groups excluding carboxylic acids is 2. The highest BCUT2D eigenvalue weighted by Gasteiger charge is 2.51. The SMILES string of the molecule is C=Cc1c2[nH]c(c1C)CC1N=C(C3=C4N=C(/C=c5\[nH]/c(c(C)c5CC)=C\2)C(C)=C4C(=O)[C@@H]3C(=O)OC)[C@@H](CCC(=O)O)[C@@H]1C. The largest absolute Gasteiger partial charge is 0.481 e. The number of methoxy groups -OCH3 is 1. The number of fused-ring (bicyclic) bond motifs is 6. The highest BCUT2D eigenvalue weighted by atomic mass is 16.5. The topological polar surface area (TPSA) is 137 Å². The molecule has 2 aromatic heterocycles. The Morgan fingerprint density at radius 1 is 1.16 bits per heavy atom. The molecule has 9 nitrogen and oxygen atoms in total. The zero-order valence-corrected chi connectivity index (χ0v) is 26.1.